The molecule has 1 fully saturated rings. The van der Waals surface area contributed by atoms with E-state index in [-0.39, 0.29) is 5.82 Å². The molecule has 1 aliphatic rings. The van der Waals surface area contributed by atoms with Gasteiger partial charge in [-0.05, 0) is 38.2 Å². The third-order valence-electron chi connectivity index (χ3n) is 3.91. The van der Waals surface area contributed by atoms with Crippen molar-refractivity contribution in [3.05, 3.63) is 35.1 Å². The Morgan fingerprint density at radius 3 is 2.84 bits per heavy atom. The molecule has 0 aliphatic carbocycles. The number of likely N-dealkylation sites (N-methyl/N-ethyl adjacent to an activating group) is 2. The summed E-state index contributed by atoms with van der Waals surface area (Å²) >= 11 is 0. The Kier molecular flexibility index (Phi) is 4.91. The van der Waals surface area contributed by atoms with Gasteiger partial charge in [-0.3, -0.25) is 4.90 Å². The average molecular weight is 265 g/mol. The first kappa shape index (κ1) is 14.4. The first-order valence-corrected chi connectivity index (χ1v) is 6.91. The second kappa shape index (κ2) is 6.46. The Morgan fingerprint density at radius 1 is 1.32 bits per heavy atom. The zero-order valence-electron chi connectivity index (χ0n) is 12.1. The smallest absolute Gasteiger partial charge is 0.126 e. The van der Waals surface area contributed by atoms with E-state index in [4.69, 9.17) is 0 Å². The molecular weight excluding hydrogens is 241 g/mol. The molecule has 1 N–H and O–H groups in total. The molecule has 0 radical (unpaired) electrons. The largest absolute Gasteiger partial charge is 0.311 e. The number of nitrogens with zero attached hydrogens (tertiary/aromatic N) is 2. The van der Waals surface area contributed by atoms with Gasteiger partial charge in [-0.25, -0.2) is 4.39 Å². The molecule has 1 aromatic rings. The third kappa shape index (κ3) is 4.00. The van der Waals surface area contributed by atoms with Gasteiger partial charge in [0.15, 0.2) is 0 Å². The van der Waals surface area contributed by atoms with Crippen LogP contribution in [0.5, 0.6) is 0 Å². The number of nitrogens with one attached hydrogen (secondary N) is 1. The van der Waals surface area contributed by atoms with Crippen LogP contribution < -0.4 is 5.32 Å². The number of hydrogen-bond acceptors (Lipinski definition) is 3. The quantitative estimate of drug-likeness (QED) is 0.889. The zero-order valence-corrected chi connectivity index (χ0v) is 12.1. The summed E-state index contributed by atoms with van der Waals surface area (Å²) in [5, 5.41) is 3.48. The predicted octanol–water partition coefficient (Wildman–Crippen LogP) is 1.47. The molecule has 1 heterocycles. The van der Waals surface area contributed by atoms with Gasteiger partial charge in [0, 0.05) is 38.8 Å². The lowest BCUT2D eigenvalue weighted by molar-refractivity contribution is 0.113. The lowest BCUT2D eigenvalue weighted by Gasteiger charge is -2.37. The van der Waals surface area contributed by atoms with Crippen LogP contribution in [0.1, 0.15) is 11.1 Å². The van der Waals surface area contributed by atoms with E-state index in [1.54, 1.807) is 6.07 Å². The molecule has 0 saturated carbocycles. The maximum absolute atomic E-state index is 13.2. The van der Waals surface area contributed by atoms with Crippen LogP contribution in [0.15, 0.2) is 18.2 Å². The molecule has 4 heteroatoms. The maximum atomic E-state index is 13.2. The number of benzene rings is 1. The van der Waals surface area contributed by atoms with Crippen LogP contribution >= 0.6 is 0 Å². The summed E-state index contributed by atoms with van der Waals surface area (Å²) in [5.74, 6) is -0.127. The van der Waals surface area contributed by atoms with Crippen molar-refractivity contribution >= 4 is 0 Å². The number of rotatable bonds is 4. The molecule has 19 heavy (non-hydrogen) atoms. The Labute approximate surface area is 115 Å². The van der Waals surface area contributed by atoms with Crippen LogP contribution in [0, 0.1) is 12.7 Å². The number of halogens is 1. The van der Waals surface area contributed by atoms with Gasteiger partial charge < -0.3 is 10.2 Å². The van der Waals surface area contributed by atoms with E-state index in [0.29, 0.717) is 11.6 Å². The molecular formula is C15H24FN3. The highest BCUT2D eigenvalue weighted by Crippen LogP contribution is 2.09. The Morgan fingerprint density at radius 2 is 2.11 bits per heavy atom. The second-order valence-electron chi connectivity index (χ2n) is 5.61. The fraction of sp³-hybridized carbons (Fsp3) is 0.600. The first-order valence-electron chi connectivity index (χ1n) is 6.91. The van der Waals surface area contributed by atoms with Crippen molar-refractivity contribution in [3.63, 3.8) is 0 Å². The minimum Gasteiger partial charge on any atom is -0.311 e. The van der Waals surface area contributed by atoms with Crippen molar-refractivity contribution in [2.75, 3.05) is 40.3 Å². The average Bonchev–Trinajstić information content (AvgIpc) is 2.38. The SMILES string of the molecule is Cc1cc(CNCC2CN(C)CCN2C)ccc1F. The lowest BCUT2D eigenvalue weighted by atomic mass is 10.1. The van der Waals surface area contributed by atoms with Crippen molar-refractivity contribution < 1.29 is 4.39 Å². The molecule has 1 aromatic carbocycles. The highest BCUT2D eigenvalue weighted by atomic mass is 19.1. The van der Waals surface area contributed by atoms with Crippen LogP contribution in [0.25, 0.3) is 0 Å². The van der Waals surface area contributed by atoms with Crippen molar-refractivity contribution in [1.82, 2.24) is 15.1 Å². The molecule has 1 aliphatic heterocycles. The van der Waals surface area contributed by atoms with Crippen molar-refractivity contribution in [1.29, 1.82) is 0 Å². The van der Waals surface area contributed by atoms with Crippen molar-refractivity contribution in [3.8, 4) is 0 Å². The maximum Gasteiger partial charge on any atom is 0.126 e. The van der Waals surface area contributed by atoms with Gasteiger partial charge in [0.1, 0.15) is 5.82 Å². The fourth-order valence-electron chi connectivity index (χ4n) is 2.52. The highest BCUT2D eigenvalue weighted by Gasteiger charge is 2.21. The first-order chi connectivity index (χ1) is 9.06. The van der Waals surface area contributed by atoms with Crippen LogP contribution in [0.2, 0.25) is 0 Å². The van der Waals surface area contributed by atoms with E-state index in [1.165, 1.54) is 0 Å². The Balaban J connectivity index is 1.80. The second-order valence-corrected chi connectivity index (χ2v) is 5.61. The standard InChI is InChI=1S/C15H24FN3/c1-12-8-13(4-5-15(12)16)9-17-10-14-11-18(2)6-7-19(14)3/h4-5,8,14,17H,6-7,9-11H2,1-3H3. The van der Waals surface area contributed by atoms with Gasteiger partial charge in [0.05, 0.1) is 0 Å². The summed E-state index contributed by atoms with van der Waals surface area (Å²) in [4.78, 5) is 4.78. The van der Waals surface area contributed by atoms with Crippen LogP contribution in [-0.2, 0) is 6.54 Å². The topological polar surface area (TPSA) is 18.5 Å². The Bertz CT molecular complexity index is 422. The van der Waals surface area contributed by atoms with Gasteiger partial charge in [-0.2, -0.15) is 0 Å². The molecule has 3 nitrogen and oxygen atoms in total. The molecule has 0 bridgehead atoms. The van der Waals surface area contributed by atoms with Gasteiger partial charge in [-0.15, -0.1) is 0 Å². The summed E-state index contributed by atoms with van der Waals surface area (Å²) in [6.45, 7) is 6.95. The fourth-order valence-corrected chi connectivity index (χ4v) is 2.52. The molecule has 0 aromatic heterocycles. The van der Waals surface area contributed by atoms with Crippen LogP contribution in [0.3, 0.4) is 0 Å². The van der Waals surface area contributed by atoms with E-state index in [2.05, 4.69) is 29.2 Å². The van der Waals surface area contributed by atoms with Gasteiger partial charge in [-0.1, -0.05) is 12.1 Å². The number of hydrogen-bond donors (Lipinski definition) is 1. The summed E-state index contributed by atoms with van der Waals surface area (Å²) in [6, 6.07) is 5.87. The normalized spacial score (nSPS) is 21.8. The van der Waals surface area contributed by atoms with Gasteiger partial charge in [0.2, 0.25) is 0 Å². The molecule has 1 saturated heterocycles. The summed E-state index contributed by atoms with van der Waals surface area (Å²) in [5.41, 5.74) is 1.86. The number of piperazine rings is 1. The van der Waals surface area contributed by atoms with E-state index < -0.39 is 0 Å². The molecule has 0 amide bonds. The van der Waals surface area contributed by atoms with Crippen LogP contribution in [-0.4, -0.2) is 56.1 Å². The molecule has 1 atom stereocenters. The molecule has 0 spiro atoms. The van der Waals surface area contributed by atoms with E-state index in [9.17, 15) is 4.39 Å². The van der Waals surface area contributed by atoms with Crippen molar-refractivity contribution in [2.45, 2.75) is 19.5 Å². The predicted molar refractivity (Wildman–Crippen MR) is 76.8 cm³/mol. The zero-order chi connectivity index (χ0) is 13.8. The lowest BCUT2D eigenvalue weighted by Crippen LogP contribution is -2.53. The molecule has 2 rings (SSSR count). The highest BCUT2D eigenvalue weighted by molar-refractivity contribution is 5.23. The summed E-state index contributed by atoms with van der Waals surface area (Å²) in [6.07, 6.45) is 0. The Hall–Kier alpha value is -0.970. The van der Waals surface area contributed by atoms with E-state index in [0.717, 1.165) is 38.3 Å². The van der Waals surface area contributed by atoms with E-state index >= 15 is 0 Å². The minimum atomic E-state index is -0.127. The van der Waals surface area contributed by atoms with Crippen LogP contribution in [0.4, 0.5) is 4.39 Å². The third-order valence-corrected chi connectivity index (χ3v) is 3.91. The van der Waals surface area contributed by atoms with Gasteiger partial charge >= 0.3 is 0 Å². The van der Waals surface area contributed by atoms with Gasteiger partial charge in [0.25, 0.3) is 0 Å². The van der Waals surface area contributed by atoms with Crippen molar-refractivity contribution in [2.24, 2.45) is 0 Å². The number of aryl methyl sites for hydroxylation is 1. The van der Waals surface area contributed by atoms with E-state index in [1.807, 2.05) is 19.1 Å². The summed E-state index contributed by atoms with van der Waals surface area (Å²) < 4.78 is 13.2. The summed E-state index contributed by atoms with van der Waals surface area (Å²) in [7, 11) is 4.35. The minimum absolute atomic E-state index is 0.127. The molecule has 1 unspecified atom stereocenters. The molecule has 106 valence electrons. The monoisotopic (exact) mass is 265 g/mol.